The molecule has 6 nitrogen and oxygen atoms in total. The van der Waals surface area contributed by atoms with Gasteiger partial charge in [0.15, 0.2) is 0 Å². The lowest BCUT2D eigenvalue weighted by Crippen LogP contribution is -2.35. The third-order valence-electron chi connectivity index (χ3n) is 3.86. The zero-order valence-electron chi connectivity index (χ0n) is 12.4. The predicted molar refractivity (Wildman–Crippen MR) is 81.0 cm³/mol. The van der Waals surface area contributed by atoms with Crippen LogP contribution in [0.1, 0.15) is 25.7 Å². The molecule has 2 amide bonds. The normalized spacial score (nSPS) is 19.5. The van der Waals surface area contributed by atoms with Gasteiger partial charge in [0, 0.05) is 18.4 Å². The monoisotopic (exact) mass is 292 g/mol. The van der Waals surface area contributed by atoms with E-state index in [1.807, 2.05) is 6.20 Å². The molecule has 0 spiro atoms. The van der Waals surface area contributed by atoms with Gasteiger partial charge in [-0.05, 0) is 45.0 Å². The second kappa shape index (κ2) is 8.46. The van der Waals surface area contributed by atoms with Crippen molar-refractivity contribution in [1.82, 2.24) is 20.4 Å². The van der Waals surface area contributed by atoms with E-state index >= 15 is 0 Å². The first kappa shape index (κ1) is 15.6. The van der Waals surface area contributed by atoms with Crippen molar-refractivity contribution in [2.75, 3.05) is 32.7 Å². The molecule has 0 bridgehead atoms. The van der Waals surface area contributed by atoms with Gasteiger partial charge in [-0.2, -0.15) is 0 Å². The molecule has 0 aromatic heterocycles. The summed E-state index contributed by atoms with van der Waals surface area (Å²) < 4.78 is 0. The number of hydrogen-bond acceptors (Lipinski definition) is 4. The maximum Gasteiger partial charge on any atom is 0.211 e. The minimum Gasteiger partial charge on any atom is -0.370 e. The molecule has 2 N–H and O–H groups in total. The number of carbonyl (C=O) groups excluding carboxylic acids is 2. The summed E-state index contributed by atoms with van der Waals surface area (Å²) in [6, 6.07) is 0. The summed E-state index contributed by atoms with van der Waals surface area (Å²) in [7, 11) is 0. The topological polar surface area (TPSA) is 64.7 Å². The molecule has 0 atom stereocenters. The Kier molecular flexibility index (Phi) is 6.27. The van der Waals surface area contributed by atoms with Gasteiger partial charge in [-0.1, -0.05) is 6.42 Å². The molecule has 1 fully saturated rings. The molecule has 2 aliphatic rings. The van der Waals surface area contributed by atoms with E-state index in [4.69, 9.17) is 0 Å². The van der Waals surface area contributed by atoms with Gasteiger partial charge >= 0.3 is 0 Å². The fraction of sp³-hybridized carbons (Fsp3) is 0.600. The Morgan fingerprint density at radius 2 is 1.81 bits per heavy atom. The lowest BCUT2D eigenvalue weighted by Gasteiger charge is -2.29. The zero-order chi connectivity index (χ0) is 14.9. The van der Waals surface area contributed by atoms with E-state index < -0.39 is 0 Å². The van der Waals surface area contributed by atoms with Crippen molar-refractivity contribution >= 4 is 12.8 Å². The van der Waals surface area contributed by atoms with E-state index in [0.717, 1.165) is 25.2 Å². The molecule has 0 aromatic rings. The molecule has 0 saturated carbocycles. The number of likely N-dealkylation sites (tertiary alicyclic amines) is 1. The van der Waals surface area contributed by atoms with Crippen molar-refractivity contribution in [3.05, 3.63) is 23.7 Å². The largest absolute Gasteiger partial charge is 0.370 e. The summed E-state index contributed by atoms with van der Waals surface area (Å²) in [5.74, 6) is 0. The van der Waals surface area contributed by atoms with Crippen LogP contribution >= 0.6 is 0 Å². The van der Waals surface area contributed by atoms with E-state index in [1.165, 1.54) is 32.4 Å². The van der Waals surface area contributed by atoms with Crippen molar-refractivity contribution < 1.29 is 9.59 Å². The third-order valence-corrected chi connectivity index (χ3v) is 3.86. The van der Waals surface area contributed by atoms with Crippen molar-refractivity contribution in [3.8, 4) is 0 Å². The van der Waals surface area contributed by atoms with Gasteiger partial charge in [-0.25, -0.2) is 0 Å². The van der Waals surface area contributed by atoms with Gasteiger partial charge in [0.05, 0.1) is 12.2 Å². The minimum absolute atomic E-state index is 0.651. The van der Waals surface area contributed by atoms with Crippen LogP contribution in [0.4, 0.5) is 0 Å². The Labute approximate surface area is 125 Å². The van der Waals surface area contributed by atoms with E-state index in [0.29, 0.717) is 25.1 Å². The van der Waals surface area contributed by atoms with Gasteiger partial charge in [-0.3, -0.25) is 9.59 Å². The molecular weight excluding hydrogens is 268 g/mol. The lowest BCUT2D eigenvalue weighted by molar-refractivity contribution is -0.109. The summed E-state index contributed by atoms with van der Waals surface area (Å²) >= 11 is 0. The molecule has 2 aliphatic heterocycles. The molecule has 116 valence electrons. The van der Waals surface area contributed by atoms with Crippen molar-refractivity contribution in [1.29, 1.82) is 0 Å². The maximum atomic E-state index is 10.6. The number of carbonyl (C=O) groups is 2. The SMILES string of the molecule is O=CNC1=CN(CCCN2CCCCC2)CC(NC=O)=C1. The van der Waals surface area contributed by atoms with Crippen LogP contribution in [0, 0.1) is 0 Å². The van der Waals surface area contributed by atoms with Crippen LogP contribution in [0.3, 0.4) is 0 Å². The summed E-state index contributed by atoms with van der Waals surface area (Å²) in [4.78, 5) is 25.8. The minimum atomic E-state index is 0.651. The van der Waals surface area contributed by atoms with Crippen LogP contribution in [0.5, 0.6) is 0 Å². The molecule has 0 radical (unpaired) electrons. The average molecular weight is 292 g/mol. The van der Waals surface area contributed by atoms with Crippen LogP contribution in [0.2, 0.25) is 0 Å². The van der Waals surface area contributed by atoms with E-state index in [9.17, 15) is 9.59 Å². The van der Waals surface area contributed by atoms with Gasteiger partial charge in [0.25, 0.3) is 0 Å². The van der Waals surface area contributed by atoms with Crippen LogP contribution in [0.25, 0.3) is 0 Å². The van der Waals surface area contributed by atoms with E-state index in [-0.39, 0.29) is 0 Å². The molecule has 2 rings (SSSR count). The third kappa shape index (κ3) is 5.23. The number of amides is 2. The van der Waals surface area contributed by atoms with Crippen molar-refractivity contribution in [2.45, 2.75) is 25.7 Å². The highest BCUT2D eigenvalue weighted by molar-refractivity contribution is 5.55. The van der Waals surface area contributed by atoms with E-state index in [1.54, 1.807) is 6.08 Å². The first-order chi connectivity index (χ1) is 10.3. The standard InChI is InChI=1S/C15H24N4O2/c20-12-16-14-9-15(17-13-21)11-19(10-14)8-4-7-18-5-2-1-3-6-18/h9-10,12-13H,1-8,11H2,(H,16,20)(H,17,21). The van der Waals surface area contributed by atoms with Gasteiger partial charge in [0.1, 0.15) is 0 Å². The zero-order valence-corrected chi connectivity index (χ0v) is 12.4. The number of nitrogens with zero attached hydrogens (tertiary/aromatic N) is 2. The summed E-state index contributed by atoms with van der Waals surface area (Å²) in [5, 5.41) is 5.31. The molecule has 0 aromatic carbocycles. The quantitative estimate of drug-likeness (QED) is 0.636. The molecule has 6 heteroatoms. The predicted octanol–water partition coefficient (Wildman–Crippen LogP) is 0.395. The fourth-order valence-electron chi connectivity index (χ4n) is 2.87. The van der Waals surface area contributed by atoms with Gasteiger partial charge in [-0.15, -0.1) is 0 Å². The Morgan fingerprint density at radius 3 is 2.52 bits per heavy atom. The number of hydrogen-bond donors (Lipinski definition) is 2. The Morgan fingerprint density at radius 1 is 1.05 bits per heavy atom. The molecular formula is C15H24N4O2. The highest BCUT2D eigenvalue weighted by Gasteiger charge is 2.13. The van der Waals surface area contributed by atoms with Crippen LogP contribution in [-0.2, 0) is 9.59 Å². The Balaban J connectivity index is 1.79. The van der Waals surface area contributed by atoms with Crippen molar-refractivity contribution in [3.63, 3.8) is 0 Å². The van der Waals surface area contributed by atoms with Crippen molar-refractivity contribution in [2.24, 2.45) is 0 Å². The highest BCUT2D eigenvalue weighted by atomic mass is 16.1. The van der Waals surface area contributed by atoms with E-state index in [2.05, 4.69) is 20.4 Å². The molecule has 0 unspecified atom stereocenters. The number of rotatable bonds is 8. The second-order valence-corrected chi connectivity index (χ2v) is 5.50. The Bertz CT molecular complexity index is 414. The molecule has 21 heavy (non-hydrogen) atoms. The van der Waals surface area contributed by atoms with Gasteiger partial charge in [0.2, 0.25) is 12.8 Å². The summed E-state index contributed by atoms with van der Waals surface area (Å²) in [5.41, 5.74) is 1.51. The lowest BCUT2D eigenvalue weighted by atomic mass is 10.1. The smallest absolute Gasteiger partial charge is 0.211 e. The molecule has 2 heterocycles. The first-order valence-electron chi connectivity index (χ1n) is 7.61. The summed E-state index contributed by atoms with van der Waals surface area (Å²) in [6.07, 6.45) is 10.1. The summed E-state index contributed by atoms with van der Waals surface area (Å²) in [6.45, 7) is 5.12. The average Bonchev–Trinajstić information content (AvgIpc) is 2.49. The number of piperidine rings is 1. The molecule has 0 aliphatic carbocycles. The van der Waals surface area contributed by atoms with Gasteiger partial charge < -0.3 is 20.4 Å². The highest BCUT2D eigenvalue weighted by Crippen LogP contribution is 2.12. The second-order valence-electron chi connectivity index (χ2n) is 5.50. The number of nitrogens with one attached hydrogen (secondary N) is 2. The molecule has 1 saturated heterocycles. The first-order valence-corrected chi connectivity index (χ1v) is 7.61. The Hall–Kier alpha value is -1.82. The van der Waals surface area contributed by atoms with Crippen LogP contribution in [0.15, 0.2) is 23.7 Å². The fourth-order valence-corrected chi connectivity index (χ4v) is 2.87. The number of allylic oxidation sites excluding steroid dienone is 1. The maximum absolute atomic E-state index is 10.6. The van der Waals surface area contributed by atoms with Crippen LogP contribution in [-0.4, -0.2) is 55.3 Å². The van der Waals surface area contributed by atoms with Crippen LogP contribution < -0.4 is 10.6 Å².